The molecular weight excluding hydrogens is 256 g/mol. The van der Waals surface area contributed by atoms with Crippen LogP contribution in [0.4, 0.5) is 0 Å². The second-order valence-electron chi connectivity index (χ2n) is 7.17. The first-order valence-electron chi connectivity index (χ1n) is 8.98. The molecule has 2 fully saturated rings. The number of rotatable bonds is 2. The Balaban J connectivity index is 1.51. The van der Waals surface area contributed by atoms with Gasteiger partial charge in [-0.15, -0.1) is 0 Å². The molecule has 2 saturated heterocycles. The van der Waals surface area contributed by atoms with Gasteiger partial charge in [0.15, 0.2) is 0 Å². The van der Waals surface area contributed by atoms with Crippen LogP contribution in [0.1, 0.15) is 49.7 Å². The van der Waals surface area contributed by atoms with E-state index in [9.17, 15) is 0 Å². The lowest BCUT2D eigenvalue weighted by Gasteiger charge is -2.45. The minimum atomic E-state index is 0.766. The molecule has 2 heteroatoms. The van der Waals surface area contributed by atoms with Crippen molar-refractivity contribution < 1.29 is 0 Å². The second kappa shape index (κ2) is 6.10. The molecule has 1 N–H and O–H groups in total. The van der Waals surface area contributed by atoms with Gasteiger partial charge in [-0.2, -0.15) is 0 Å². The maximum atomic E-state index is 3.77. The highest BCUT2D eigenvalue weighted by atomic mass is 15.2. The third kappa shape index (κ3) is 2.76. The Morgan fingerprint density at radius 3 is 2.71 bits per heavy atom. The molecule has 0 saturated carbocycles. The van der Waals surface area contributed by atoms with E-state index >= 15 is 0 Å². The summed E-state index contributed by atoms with van der Waals surface area (Å²) in [5.74, 6) is 0. The largest absolute Gasteiger partial charge is 0.312 e. The van der Waals surface area contributed by atoms with Gasteiger partial charge in [-0.25, -0.2) is 0 Å². The molecule has 2 nitrogen and oxygen atoms in total. The maximum Gasteiger partial charge on any atom is 0.0252 e. The number of fused-ring (bicyclic) bond motifs is 1. The lowest BCUT2D eigenvalue weighted by molar-refractivity contribution is 0.0659. The predicted octanol–water partition coefficient (Wildman–Crippen LogP) is 3.15. The van der Waals surface area contributed by atoms with Crippen molar-refractivity contribution in [2.45, 2.75) is 69.5 Å². The van der Waals surface area contributed by atoms with Crippen LogP contribution in [0.5, 0.6) is 0 Å². The highest BCUT2D eigenvalue weighted by Crippen LogP contribution is 2.31. The summed E-state index contributed by atoms with van der Waals surface area (Å²) in [6.45, 7) is 2.57. The SMILES string of the molecule is c1ccc2c(c1)CCC(N1CCCCC1C1CCCN1)C2. The third-order valence-corrected chi connectivity index (χ3v) is 5.94. The van der Waals surface area contributed by atoms with Gasteiger partial charge in [0.1, 0.15) is 0 Å². The van der Waals surface area contributed by atoms with Crippen molar-refractivity contribution in [1.29, 1.82) is 0 Å². The summed E-state index contributed by atoms with van der Waals surface area (Å²) in [6.07, 6.45) is 10.9. The van der Waals surface area contributed by atoms with Crippen LogP contribution in [0, 0.1) is 0 Å². The van der Waals surface area contributed by atoms with Gasteiger partial charge in [-0.1, -0.05) is 30.7 Å². The fraction of sp³-hybridized carbons (Fsp3) is 0.684. The van der Waals surface area contributed by atoms with Gasteiger partial charge in [0.05, 0.1) is 0 Å². The molecule has 0 aromatic heterocycles. The Kier molecular flexibility index (Phi) is 4.00. The molecule has 0 bridgehead atoms. The van der Waals surface area contributed by atoms with Crippen LogP contribution < -0.4 is 5.32 Å². The summed E-state index contributed by atoms with van der Waals surface area (Å²) in [4.78, 5) is 2.89. The number of piperidine rings is 1. The lowest BCUT2D eigenvalue weighted by atomic mass is 9.84. The smallest absolute Gasteiger partial charge is 0.0252 e. The van der Waals surface area contributed by atoms with E-state index in [0.29, 0.717) is 0 Å². The number of nitrogens with one attached hydrogen (secondary N) is 1. The van der Waals surface area contributed by atoms with E-state index in [1.165, 1.54) is 64.5 Å². The summed E-state index contributed by atoms with van der Waals surface area (Å²) in [5, 5.41) is 3.77. The van der Waals surface area contributed by atoms with E-state index in [1.54, 1.807) is 11.1 Å². The topological polar surface area (TPSA) is 15.3 Å². The van der Waals surface area contributed by atoms with Crippen molar-refractivity contribution in [2.75, 3.05) is 13.1 Å². The number of benzene rings is 1. The van der Waals surface area contributed by atoms with E-state index in [4.69, 9.17) is 0 Å². The van der Waals surface area contributed by atoms with E-state index in [2.05, 4.69) is 34.5 Å². The van der Waals surface area contributed by atoms with Gasteiger partial charge in [-0.05, 0) is 69.2 Å². The third-order valence-electron chi connectivity index (χ3n) is 5.94. The Bertz CT molecular complexity index is 478. The molecule has 0 spiro atoms. The van der Waals surface area contributed by atoms with Crippen LogP contribution in [0.2, 0.25) is 0 Å². The highest BCUT2D eigenvalue weighted by Gasteiger charge is 2.36. The van der Waals surface area contributed by atoms with E-state index < -0.39 is 0 Å². The van der Waals surface area contributed by atoms with Crippen molar-refractivity contribution in [3.8, 4) is 0 Å². The molecule has 1 aliphatic carbocycles. The molecule has 21 heavy (non-hydrogen) atoms. The summed E-state index contributed by atoms with van der Waals surface area (Å²) in [6, 6.07) is 11.5. The first kappa shape index (κ1) is 13.8. The summed E-state index contributed by atoms with van der Waals surface area (Å²) < 4.78 is 0. The van der Waals surface area contributed by atoms with E-state index in [0.717, 1.165) is 18.1 Å². The zero-order chi connectivity index (χ0) is 14.1. The van der Waals surface area contributed by atoms with Gasteiger partial charge in [0.2, 0.25) is 0 Å². The standard InChI is InChI=1S/C19H28N2/c1-2-7-16-14-17(11-10-15(16)6-1)21-13-4-3-9-19(21)18-8-5-12-20-18/h1-2,6-7,17-20H,3-5,8-14H2. The molecule has 1 aromatic rings. The average molecular weight is 284 g/mol. The first-order valence-corrected chi connectivity index (χ1v) is 8.98. The minimum absolute atomic E-state index is 0.766. The quantitative estimate of drug-likeness (QED) is 0.897. The molecule has 2 aliphatic heterocycles. The molecule has 1 aromatic carbocycles. The Morgan fingerprint density at radius 1 is 0.952 bits per heavy atom. The normalized spacial score (nSPS) is 33.8. The highest BCUT2D eigenvalue weighted by molar-refractivity contribution is 5.30. The molecule has 3 unspecified atom stereocenters. The van der Waals surface area contributed by atoms with Gasteiger partial charge in [-0.3, -0.25) is 4.90 Å². The summed E-state index contributed by atoms with van der Waals surface area (Å²) >= 11 is 0. The Labute approximate surface area is 128 Å². The number of hydrogen-bond donors (Lipinski definition) is 1. The lowest BCUT2D eigenvalue weighted by Crippen LogP contribution is -2.55. The zero-order valence-corrected chi connectivity index (χ0v) is 13.1. The maximum absolute atomic E-state index is 3.77. The first-order chi connectivity index (χ1) is 10.4. The van der Waals surface area contributed by atoms with Crippen LogP contribution in [-0.2, 0) is 12.8 Å². The Morgan fingerprint density at radius 2 is 1.86 bits per heavy atom. The van der Waals surface area contributed by atoms with Crippen LogP contribution in [0.25, 0.3) is 0 Å². The zero-order valence-electron chi connectivity index (χ0n) is 13.1. The number of aryl methyl sites for hydroxylation is 1. The van der Waals surface area contributed by atoms with E-state index in [-0.39, 0.29) is 0 Å². The molecule has 4 rings (SSSR count). The fourth-order valence-electron chi connectivity index (χ4n) is 4.87. The van der Waals surface area contributed by atoms with Crippen molar-refractivity contribution in [3.63, 3.8) is 0 Å². The molecule has 0 amide bonds. The van der Waals surface area contributed by atoms with Crippen molar-refractivity contribution in [3.05, 3.63) is 35.4 Å². The molecular formula is C19H28N2. The monoisotopic (exact) mass is 284 g/mol. The van der Waals surface area contributed by atoms with Crippen molar-refractivity contribution in [2.24, 2.45) is 0 Å². The van der Waals surface area contributed by atoms with Gasteiger partial charge < -0.3 is 5.32 Å². The molecule has 2 heterocycles. The predicted molar refractivity (Wildman–Crippen MR) is 87.6 cm³/mol. The summed E-state index contributed by atoms with van der Waals surface area (Å²) in [5.41, 5.74) is 3.21. The van der Waals surface area contributed by atoms with Crippen LogP contribution in [-0.4, -0.2) is 36.1 Å². The van der Waals surface area contributed by atoms with Gasteiger partial charge >= 0.3 is 0 Å². The van der Waals surface area contributed by atoms with Crippen LogP contribution in [0.15, 0.2) is 24.3 Å². The number of hydrogen-bond acceptors (Lipinski definition) is 2. The second-order valence-corrected chi connectivity index (χ2v) is 7.17. The fourth-order valence-corrected chi connectivity index (χ4v) is 4.87. The Hall–Kier alpha value is -0.860. The average Bonchev–Trinajstić information content (AvgIpc) is 3.09. The number of nitrogens with zero attached hydrogens (tertiary/aromatic N) is 1. The molecule has 3 aliphatic rings. The molecule has 114 valence electrons. The van der Waals surface area contributed by atoms with Crippen LogP contribution in [0.3, 0.4) is 0 Å². The van der Waals surface area contributed by atoms with Crippen LogP contribution >= 0.6 is 0 Å². The van der Waals surface area contributed by atoms with Gasteiger partial charge in [0.25, 0.3) is 0 Å². The van der Waals surface area contributed by atoms with Crippen molar-refractivity contribution >= 4 is 0 Å². The number of likely N-dealkylation sites (tertiary alicyclic amines) is 1. The minimum Gasteiger partial charge on any atom is -0.312 e. The molecule has 0 radical (unpaired) electrons. The van der Waals surface area contributed by atoms with Gasteiger partial charge in [0, 0.05) is 18.1 Å². The summed E-state index contributed by atoms with van der Waals surface area (Å²) in [7, 11) is 0. The van der Waals surface area contributed by atoms with E-state index in [1.807, 2.05) is 0 Å². The molecule has 3 atom stereocenters. The van der Waals surface area contributed by atoms with Crippen molar-refractivity contribution in [1.82, 2.24) is 10.2 Å².